The van der Waals surface area contributed by atoms with E-state index in [1.165, 1.54) is 14.2 Å². The maximum absolute atomic E-state index is 11.7. The van der Waals surface area contributed by atoms with E-state index in [0.717, 1.165) is 12.1 Å². The minimum Gasteiger partial charge on any atom is -0.495 e. The average Bonchev–Trinajstić information content (AvgIpc) is 2.26. The van der Waals surface area contributed by atoms with Gasteiger partial charge in [-0.2, -0.15) is 0 Å². The smallest absolute Gasteiger partial charge is 0.244 e. The number of hydrogen-bond donors (Lipinski definition) is 3. The summed E-state index contributed by atoms with van der Waals surface area (Å²) < 4.78 is 52.8. The van der Waals surface area contributed by atoms with Gasteiger partial charge in [-0.1, -0.05) is 0 Å². The summed E-state index contributed by atoms with van der Waals surface area (Å²) >= 11 is 0. The molecule has 0 aromatic heterocycles. The lowest BCUT2D eigenvalue weighted by molar-refractivity contribution is 0.402. The maximum atomic E-state index is 11.7. The lowest BCUT2D eigenvalue weighted by Crippen LogP contribution is -2.21. The molecule has 0 heterocycles. The molecule has 0 aliphatic heterocycles. The molecule has 10 heteroatoms. The van der Waals surface area contributed by atoms with Crippen molar-refractivity contribution in [3.63, 3.8) is 0 Å². The van der Waals surface area contributed by atoms with Gasteiger partial charge in [-0.15, -0.1) is 0 Å². The Bertz CT molecular complexity index is 666. The van der Waals surface area contributed by atoms with Crippen molar-refractivity contribution in [2.75, 3.05) is 19.9 Å². The highest BCUT2D eigenvalue weighted by Crippen LogP contribution is 2.30. The fraction of sp³-hybridized carbons (Fsp3) is 0.250. The van der Waals surface area contributed by atoms with Crippen molar-refractivity contribution in [1.29, 1.82) is 0 Å². The van der Waals surface area contributed by atoms with E-state index in [4.69, 9.17) is 15.6 Å². The third-order valence-electron chi connectivity index (χ3n) is 2.16. The first-order chi connectivity index (χ1) is 8.13. The third kappa shape index (κ3) is 2.72. The Balaban J connectivity index is 3.72. The first-order valence-electron chi connectivity index (χ1n) is 4.57. The molecule has 0 fully saturated rings. The molecule has 102 valence electrons. The van der Waals surface area contributed by atoms with Crippen LogP contribution in [0.15, 0.2) is 21.9 Å². The second-order valence-corrected chi connectivity index (χ2v) is 6.68. The van der Waals surface area contributed by atoms with E-state index in [1.54, 1.807) is 0 Å². The second kappa shape index (κ2) is 4.72. The first kappa shape index (κ1) is 14.7. The summed E-state index contributed by atoms with van der Waals surface area (Å²) in [4.78, 5) is -0.831. The molecule has 0 aliphatic rings. The summed E-state index contributed by atoms with van der Waals surface area (Å²) in [5.74, 6) is -0.0748. The van der Waals surface area contributed by atoms with Gasteiger partial charge < -0.3 is 10.5 Å². The van der Waals surface area contributed by atoms with Crippen LogP contribution in [0.1, 0.15) is 0 Å². The number of benzene rings is 1. The SMILES string of the molecule is CNS(=O)(=O)c1cc(S(N)(=O)=O)c(N)cc1OC. The third-order valence-corrected chi connectivity index (χ3v) is 4.56. The van der Waals surface area contributed by atoms with Gasteiger partial charge in [-0.25, -0.2) is 26.7 Å². The van der Waals surface area contributed by atoms with Crippen LogP contribution in [0.25, 0.3) is 0 Å². The standard InChI is InChI=1S/C8H13N3O5S2/c1-11-18(14,15)8-4-7(17(10,12)13)5(9)3-6(8)16-2/h3-4,11H,9H2,1-2H3,(H2,10,12,13). The highest BCUT2D eigenvalue weighted by molar-refractivity contribution is 7.90. The molecule has 1 rings (SSSR count). The molecule has 5 N–H and O–H groups in total. The van der Waals surface area contributed by atoms with Gasteiger partial charge in [0, 0.05) is 6.07 Å². The van der Waals surface area contributed by atoms with Crippen LogP contribution in [-0.4, -0.2) is 31.0 Å². The Labute approximate surface area is 105 Å². The van der Waals surface area contributed by atoms with Gasteiger partial charge in [0.05, 0.1) is 12.8 Å². The Morgan fingerprint density at radius 2 is 1.72 bits per heavy atom. The minimum absolute atomic E-state index is 0.0748. The molecule has 0 aliphatic carbocycles. The molecule has 8 nitrogen and oxygen atoms in total. The van der Waals surface area contributed by atoms with Gasteiger partial charge >= 0.3 is 0 Å². The Morgan fingerprint density at radius 3 is 2.11 bits per heavy atom. The molecular formula is C8H13N3O5S2. The van der Waals surface area contributed by atoms with Crippen LogP contribution < -0.4 is 20.3 Å². The van der Waals surface area contributed by atoms with Crippen LogP contribution in [0, 0.1) is 0 Å². The fourth-order valence-electron chi connectivity index (χ4n) is 1.28. The Kier molecular flexibility index (Phi) is 3.86. The summed E-state index contributed by atoms with van der Waals surface area (Å²) in [6.45, 7) is 0. The first-order valence-corrected chi connectivity index (χ1v) is 7.60. The highest BCUT2D eigenvalue weighted by Gasteiger charge is 2.23. The molecule has 0 atom stereocenters. The van der Waals surface area contributed by atoms with Crippen molar-refractivity contribution >= 4 is 25.7 Å². The zero-order valence-electron chi connectivity index (χ0n) is 9.67. The molecule has 18 heavy (non-hydrogen) atoms. The van der Waals surface area contributed by atoms with Gasteiger partial charge in [-0.05, 0) is 13.1 Å². The van der Waals surface area contributed by atoms with Gasteiger partial charge in [0.1, 0.15) is 15.5 Å². The van der Waals surface area contributed by atoms with Gasteiger partial charge in [0.25, 0.3) is 0 Å². The largest absolute Gasteiger partial charge is 0.495 e. The minimum atomic E-state index is -4.12. The van der Waals surface area contributed by atoms with E-state index >= 15 is 0 Å². The second-order valence-electron chi connectivity index (χ2n) is 3.29. The Hall–Kier alpha value is -1.36. The van der Waals surface area contributed by atoms with Crippen LogP contribution in [-0.2, 0) is 20.0 Å². The van der Waals surface area contributed by atoms with Crippen molar-refractivity contribution in [3.8, 4) is 5.75 Å². The van der Waals surface area contributed by atoms with Crippen LogP contribution >= 0.6 is 0 Å². The van der Waals surface area contributed by atoms with Crippen LogP contribution in [0.3, 0.4) is 0 Å². The average molecular weight is 295 g/mol. The molecule has 0 saturated carbocycles. The van der Waals surface area contributed by atoms with E-state index in [-0.39, 0.29) is 16.3 Å². The van der Waals surface area contributed by atoms with Gasteiger partial charge in [-0.3, -0.25) is 0 Å². The van der Waals surface area contributed by atoms with E-state index in [1.807, 2.05) is 4.72 Å². The number of methoxy groups -OCH3 is 1. The molecule has 0 unspecified atom stereocenters. The zero-order valence-corrected chi connectivity index (χ0v) is 11.3. The number of nitrogens with two attached hydrogens (primary N) is 2. The fourth-order valence-corrected chi connectivity index (χ4v) is 2.93. The summed E-state index contributed by atoms with van der Waals surface area (Å²) in [5, 5.41) is 4.94. The van der Waals surface area contributed by atoms with Crippen molar-refractivity contribution < 1.29 is 21.6 Å². The number of primary sulfonamides is 1. The lowest BCUT2D eigenvalue weighted by Gasteiger charge is -2.12. The quantitative estimate of drug-likeness (QED) is 0.598. The molecule has 1 aromatic rings. The highest BCUT2D eigenvalue weighted by atomic mass is 32.2. The van der Waals surface area contributed by atoms with Crippen molar-refractivity contribution in [2.24, 2.45) is 5.14 Å². The van der Waals surface area contributed by atoms with Crippen LogP contribution in [0.2, 0.25) is 0 Å². The molecular weight excluding hydrogens is 282 g/mol. The number of rotatable bonds is 4. The van der Waals surface area contributed by atoms with Crippen LogP contribution in [0.5, 0.6) is 5.75 Å². The van der Waals surface area contributed by atoms with Crippen molar-refractivity contribution in [2.45, 2.75) is 9.79 Å². The summed E-state index contributed by atoms with van der Waals surface area (Å²) in [6, 6.07) is 1.94. The van der Waals surface area contributed by atoms with Crippen molar-refractivity contribution in [3.05, 3.63) is 12.1 Å². The van der Waals surface area contributed by atoms with E-state index < -0.39 is 24.9 Å². The molecule has 0 bridgehead atoms. The van der Waals surface area contributed by atoms with E-state index in [2.05, 4.69) is 0 Å². The molecule has 1 aromatic carbocycles. The monoisotopic (exact) mass is 295 g/mol. The summed E-state index contributed by atoms with van der Waals surface area (Å²) in [6.07, 6.45) is 0. The van der Waals surface area contributed by atoms with E-state index in [0.29, 0.717) is 0 Å². The predicted molar refractivity (Wildman–Crippen MR) is 65.0 cm³/mol. The van der Waals surface area contributed by atoms with Gasteiger partial charge in [0.15, 0.2) is 0 Å². The summed E-state index contributed by atoms with van der Waals surface area (Å²) in [5.41, 5.74) is 5.29. The zero-order chi connectivity index (χ0) is 14.1. The molecule has 0 spiro atoms. The molecule has 0 radical (unpaired) electrons. The van der Waals surface area contributed by atoms with Crippen molar-refractivity contribution in [1.82, 2.24) is 4.72 Å². The topological polar surface area (TPSA) is 142 Å². The number of ether oxygens (including phenoxy) is 1. The van der Waals surface area contributed by atoms with Crippen LogP contribution in [0.4, 0.5) is 5.69 Å². The Morgan fingerprint density at radius 1 is 1.17 bits per heavy atom. The number of sulfonamides is 2. The maximum Gasteiger partial charge on any atom is 0.244 e. The van der Waals surface area contributed by atoms with Gasteiger partial charge in [0.2, 0.25) is 20.0 Å². The number of hydrogen-bond acceptors (Lipinski definition) is 6. The molecule has 0 amide bonds. The molecule has 0 saturated heterocycles. The summed E-state index contributed by atoms with van der Waals surface area (Å²) in [7, 11) is -5.59. The number of nitrogens with one attached hydrogen (secondary N) is 1. The number of anilines is 1. The normalized spacial score (nSPS) is 12.4. The van der Waals surface area contributed by atoms with E-state index in [9.17, 15) is 16.8 Å². The predicted octanol–water partition coefficient (Wildman–Crippen LogP) is -1.17. The lowest BCUT2D eigenvalue weighted by atomic mass is 10.3. The number of nitrogen functional groups attached to an aromatic ring is 1.